The van der Waals surface area contributed by atoms with Crippen LogP contribution in [0.1, 0.15) is 50.5 Å². The van der Waals surface area contributed by atoms with E-state index in [4.69, 9.17) is 14.2 Å². The first-order chi connectivity index (χ1) is 14.7. The number of methoxy groups -OCH3 is 1. The number of urea groups is 1. The molecule has 1 aromatic carbocycles. The molecule has 1 saturated carbocycles. The van der Waals surface area contributed by atoms with Crippen LogP contribution < -0.4 is 10.1 Å². The third-order valence-electron chi connectivity index (χ3n) is 6.88. The van der Waals surface area contributed by atoms with Gasteiger partial charge >= 0.3 is 6.03 Å². The van der Waals surface area contributed by atoms with Crippen molar-refractivity contribution in [1.29, 1.82) is 0 Å². The standard InChI is InChI=1S/C24H36N2O4/c1-28-22-6-4-20(5-7-22)17-25-23(27)26-12-10-24(11-13-26)16-19(9-15-30-24)8-14-29-18-21-2-3-21/h4-7,19,21H,2-3,8-18H2,1H3,(H,25,27). The summed E-state index contributed by atoms with van der Waals surface area (Å²) in [5, 5.41) is 3.04. The number of benzene rings is 1. The van der Waals surface area contributed by atoms with E-state index in [1.165, 1.54) is 12.8 Å². The Balaban J connectivity index is 1.17. The van der Waals surface area contributed by atoms with Gasteiger partial charge in [0.05, 0.1) is 12.7 Å². The molecule has 1 atom stereocenters. The maximum absolute atomic E-state index is 12.6. The molecule has 2 saturated heterocycles. The lowest BCUT2D eigenvalue weighted by molar-refractivity contribution is -0.125. The van der Waals surface area contributed by atoms with Crippen LogP contribution in [0.3, 0.4) is 0 Å². The van der Waals surface area contributed by atoms with Crippen molar-refractivity contribution in [2.75, 3.05) is 40.0 Å². The van der Waals surface area contributed by atoms with E-state index in [1.807, 2.05) is 29.2 Å². The number of hydrogen-bond donors (Lipinski definition) is 1. The van der Waals surface area contributed by atoms with E-state index < -0.39 is 0 Å². The zero-order chi connectivity index (χ0) is 20.8. The van der Waals surface area contributed by atoms with Crippen LogP contribution in [0.15, 0.2) is 24.3 Å². The Labute approximate surface area is 180 Å². The first kappa shape index (κ1) is 21.4. The van der Waals surface area contributed by atoms with Crippen molar-refractivity contribution in [3.8, 4) is 5.75 Å². The topological polar surface area (TPSA) is 60.0 Å². The number of hydrogen-bond acceptors (Lipinski definition) is 4. The van der Waals surface area contributed by atoms with Gasteiger partial charge < -0.3 is 24.4 Å². The highest BCUT2D eigenvalue weighted by atomic mass is 16.5. The molecule has 0 aromatic heterocycles. The molecular formula is C24H36N2O4. The average Bonchev–Trinajstić information content (AvgIpc) is 3.61. The molecule has 6 heteroatoms. The minimum absolute atomic E-state index is 0.0153. The van der Waals surface area contributed by atoms with Crippen LogP contribution >= 0.6 is 0 Å². The highest BCUT2D eigenvalue weighted by molar-refractivity contribution is 5.74. The Morgan fingerprint density at radius 3 is 2.63 bits per heavy atom. The predicted octanol–water partition coefficient (Wildman–Crippen LogP) is 3.98. The monoisotopic (exact) mass is 416 g/mol. The van der Waals surface area contributed by atoms with Crippen molar-refractivity contribution in [2.45, 2.75) is 57.1 Å². The number of carbonyl (C=O) groups excluding carboxylic acids is 1. The highest BCUT2D eigenvalue weighted by Gasteiger charge is 2.41. The summed E-state index contributed by atoms with van der Waals surface area (Å²) in [6.07, 6.45) is 7.96. The zero-order valence-electron chi connectivity index (χ0n) is 18.2. The number of amides is 2. The van der Waals surface area contributed by atoms with E-state index in [-0.39, 0.29) is 11.6 Å². The van der Waals surface area contributed by atoms with Crippen molar-refractivity contribution in [3.63, 3.8) is 0 Å². The van der Waals surface area contributed by atoms with Gasteiger partial charge in [0.15, 0.2) is 0 Å². The average molecular weight is 417 g/mol. The molecule has 2 aliphatic heterocycles. The third kappa shape index (κ3) is 5.88. The van der Waals surface area contributed by atoms with Crippen molar-refractivity contribution in [1.82, 2.24) is 10.2 Å². The van der Waals surface area contributed by atoms with Crippen LogP contribution in [-0.4, -0.2) is 56.6 Å². The summed E-state index contributed by atoms with van der Waals surface area (Å²) in [4.78, 5) is 14.5. The molecule has 2 heterocycles. The largest absolute Gasteiger partial charge is 0.497 e. The Bertz CT molecular complexity index is 681. The van der Waals surface area contributed by atoms with E-state index in [0.29, 0.717) is 12.5 Å². The fraction of sp³-hybridized carbons (Fsp3) is 0.708. The Morgan fingerprint density at radius 2 is 1.93 bits per heavy atom. The molecule has 30 heavy (non-hydrogen) atoms. The molecule has 1 aliphatic carbocycles. The first-order valence-electron chi connectivity index (χ1n) is 11.5. The number of piperidine rings is 1. The maximum atomic E-state index is 12.6. The second-order valence-electron chi connectivity index (χ2n) is 9.19. The predicted molar refractivity (Wildman–Crippen MR) is 116 cm³/mol. The van der Waals surface area contributed by atoms with Crippen LogP contribution in [0.4, 0.5) is 4.79 Å². The van der Waals surface area contributed by atoms with Gasteiger partial charge in [-0.05, 0) is 74.5 Å². The van der Waals surface area contributed by atoms with Crippen LogP contribution in [0.2, 0.25) is 0 Å². The normalized spacial score (nSPS) is 23.4. The lowest BCUT2D eigenvalue weighted by Gasteiger charge is -2.46. The maximum Gasteiger partial charge on any atom is 0.317 e. The molecule has 4 rings (SSSR count). The Hall–Kier alpha value is -1.79. The molecule has 1 unspecified atom stereocenters. The third-order valence-corrected chi connectivity index (χ3v) is 6.88. The van der Waals surface area contributed by atoms with E-state index >= 15 is 0 Å². The Kier molecular flexibility index (Phi) is 7.16. The molecule has 1 spiro atoms. The van der Waals surface area contributed by atoms with Crippen LogP contribution in [0, 0.1) is 11.8 Å². The molecule has 1 N–H and O–H groups in total. The number of rotatable bonds is 8. The summed E-state index contributed by atoms with van der Waals surface area (Å²) in [5.74, 6) is 2.35. The van der Waals surface area contributed by atoms with Gasteiger partial charge in [-0.1, -0.05) is 12.1 Å². The van der Waals surface area contributed by atoms with E-state index in [1.54, 1.807) is 7.11 Å². The first-order valence-corrected chi connectivity index (χ1v) is 11.5. The molecule has 0 radical (unpaired) electrons. The van der Waals surface area contributed by atoms with Gasteiger partial charge in [0.25, 0.3) is 0 Å². The molecule has 0 bridgehead atoms. The quantitative estimate of drug-likeness (QED) is 0.651. The van der Waals surface area contributed by atoms with Gasteiger partial charge in [-0.2, -0.15) is 0 Å². The van der Waals surface area contributed by atoms with Crippen LogP contribution in [0.25, 0.3) is 0 Å². The van der Waals surface area contributed by atoms with Gasteiger partial charge in [-0.3, -0.25) is 0 Å². The molecule has 3 aliphatic rings. The summed E-state index contributed by atoms with van der Waals surface area (Å²) in [7, 11) is 1.65. The van der Waals surface area contributed by atoms with Gasteiger partial charge in [0.2, 0.25) is 0 Å². The van der Waals surface area contributed by atoms with E-state index in [2.05, 4.69) is 5.32 Å². The van der Waals surface area contributed by atoms with Gasteiger partial charge in [0, 0.05) is 39.5 Å². The number of carbonyl (C=O) groups is 1. The fourth-order valence-electron chi connectivity index (χ4n) is 4.66. The molecule has 2 amide bonds. The molecule has 6 nitrogen and oxygen atoms in total. The van der Waals surface area contributed by atoms with E-state index in [0.717, 1.165) is 82.2 Å². The lowest BCUT2D eigenvalue weighted by Crippen LogP contribution is -2.52. The summed E-state index contributed by atoms with van der Waals surface area (Å²) in [5.41, 5.74) is 1.03. The summed E-state index contributed by atoms with van der Waals surface area (Å²) < 4.78 is 17.3. The minimum atomic E-state index is -0.0355. The molecule has 1 aromatic rings. The second-order valence-corrected chi connectivity index (χ2v) is 9.19. The van der Waals surface area contributed by atoms with Crippen molar-refractivity contribution in [2.24, 2.45) is 11.8 Å². The molecular weight excluding hydrogens is 380 g/mol. The summed E-state index contributed by atoms with van der Waals surface area (Å²) in [6, 6.07) is 7.81. The van der Waals surface area contributed by atoms with Crippen molar-refractivity contribution >= 4 is 6.03 Å². The van der Waals surface area contributed by atoms with E-state index in [9.17, 15) is 4.79 Å². The number of nitrogens with one attached hydrogen (secondary N) is 1. The number of nitrogens with zero attached hydrogens (tertiary/aromatic N) is 1. The lowest BCUT2D eigenvalue weighted by atomic mass is 9.78. The van der Waals surface area contributed by atoms with Crippen LogP contribution in [0.5, 0.6) is 5.75 Å². The highest BCUT2D eigenvalue weighted by Crippen LogP contribution is 2.39. The SMILES string of the molecule is COc1ccc(CNC(=O)N2CCC3(CC2)CC(CCOCC2CC2)CCO3)cc1. The molecule has 166 valence electrons. The molecule has 3 fully saturated rings. The van der Waals surface area contributed by atoms with Gasteiger partial charge in [-0.25, -0.2) is 4.79 Å². The minimum Gasteiger partial charge on any atom is -0.497 e. The fourth-order valence-corrected chi connectivity index (χ4v) is 4.66. The van der Waals surface area contributed by atoms with Gasteiger partial charge in [0.1, 0.15) is 5.75 Å². The number of ether oxygens (including phenoxy) is 3. The summed E-state index contributed by atoms with van der Waals surface area (Å²) >= 11 is 0. The Morgan fingerprint density at radius 1 is 1.17 bits per heavy atom. The zero-order valence-corrected chi connectivity index (χ0v) is 18.2. The van der Waals surface area contributed by atoms with Crippen LogP contribution in [-0.2, 0) is 16.0 Å². The second kappa shape index (κ2) is 10.0. The summed E-state index contributed by atoms with van der Waals surface area (Å²) in [6.45, 7) is 4.74. The van der Waals surface area contributed by atoms with Gasteiger partial charge in [-0.15, -0.1) is 0 Å². The van der Waals surface area contributed by atoms with Crippen molar-refractivity contribution in [3.05, 3.63) is 29.8 Å². The number of likely N-dealkylation sites (tertiary alicyclic amines) is 1. The smallest absolute Gasteiger partial charge is 0.317 e. The van der Waals surface area contributed by atoms with Crippen molar-refractivity contribution < 1.29 is 19.0 Å².